The maximum Gasteiger partial charge on any atom is 0.156 e. The number of hydrogen-bond acceptors (Lipinski definition) is 3. The van der Waals surface area contributed by atoms with Crippen molar-refractivity contribution in [2.24, 2.45) is 0 Å². The number of rotatable bonds is 2. The first-order valence-electron chi connectivity index (χ1n) is 5.66. The van der Waals surface area contributed by atoms with Gasteiger partial charge < -0.3 is 4.74 Å². The van der Waals surface area contributed by atoms with Crippen molar-refractivity contribution in [3.63, 3.8) is 0 Å². The van der Waals surface area contributed by atoms with Gasteiger partial charge in [-0.2, -0.15) is 0 Å². The summed E-state index contributed by atoms with van der Waals surface area (Å²) in [6, 6.07) is 9.03. The van der Waals surface area contributed by atoms with Crippen LogP contribution in [0.25, 0.3) is 11.0 Å². The number of hydrogen-bond donors (Lipinski definition) is 0. The van der Waals surface area contributed by atoms with E-state index in [1.165, 1.54) is 0 Å². The van der Waals surface area contributed by atoms with E-state index in [4.69, 9.17) is 16.3 Å². The summed E-state index contributed by atoms with van der Waals surface area (Å²) in [7, 11) is 0. The van der Waals surface area contributed by atoms with E-state index < -0.39 is 0 Å². The van der Waals surface area contributed by atoms with Gasteiger partial charge in [-0.15, -0.1) is 0 Å². The normalized spacial score (nSPS) is 10.8. The second kappa shape index (κ2) is 5.68. The summed E-state index contributed by atoms with van der Waals surface area (Å²) < 4.78 is 7.56. The van der Waals surface area contributed by atoms with E-state index in [-0.39, 0.29) is 0 Å². The van der Waals surface area contributed by atoms with Crippen molar-refractivity contribution in [2.75, 3.05) is 0 Å². The van der Waals surface area contributed by atoms with Crippen molar-refractivity contribution in [1.29, 1.82) is 0 Å². The minimum atomic E-state index is 0.644. The molecule has 100 valence electrons. The highest BCUT2D eigenvalue weighted by Gasteiger charge is 2.09. The number of aromatic nitrogens is 2. The SMILES string of the molecule is Clc1ccc(Oc2ccnc3cc(Br)cnc23)c(Br)c1. The molecule has 3 rings (SSSR count). The molecule has 20 heavy (non-hydrogen) atoms. The summed E-state index contributed by atoms with van der Waals surface area (Å²) >= 11 is 12.7. The zero-order valence-corrected chi connectivity index (χ0v) is 13.9. The molecule has 3 nitrogen and oxygen atoms in total. The maximum atomic E-state index is 5.92. The van der Waals surface area contributed by atoms with Gasteiger partial charge in [0, 0.05) is 28.0 Å². The first kappa shape index (κ1) is 13.8. The van der Waals surface area contributed by atoms with Crippen LogP contribution in [0, 0.1) is 0 Å². The van der Waals surface area contributed by atoms with Crippen LogP contribution in [0.5, 0.6) is 11.5 Å². The molecule has 0 atom stereocenters. The van der Waals surface area contributed by atoms with Gasteiger partial charge in [0.2, 0.25) is 0 Å². The minimum absolute atomic E-state index is 0.644. The third-order valence-electron chi connectivity index (χ3n) is 2.62. The largest absolute Gasteiger partial charge is 0.454 e. The van der Waals surface area contributed by atoms with Crippen molar-refractivity contribution in [1.82, 2.24) is 9.97 Å². The van der Waals surface area contributed by atoms with Crippen LogP contribution in [0.3, 0.4) is 0 Å². The molecule has 0 aliphatic rings. The molecule has 0 radical (unpaired) electrons. The number of benzene rings is 1. The van der Waals surface area contributed by atoms with Gasteiger partial charge in [-0.05, 0) is 56.1 Å². The summed E-state index contributed by atoms with van der Waals surface area (Å²) in [5.74, 6) is 1.32. The van der Waals surface area contributed by atoms with Crippen molar-refractivity contribution in [3.8, 4) is 11.5 Å². The molecular weight excluding hydrogens is 407 g/mol. The van der Waals surface area contributed by atoms with Gasteiger partial charge in [-0.25, -0.2) is 4.98 Å². The van der Waals surface area contributed by atoms with Crippen molar-refractivity contribution in [3.05, 3.63) is 56.7 Å². The monoisotopic (exact) mass is 412 g/mol. The predicted molar refractivity (Wildman–Crippen MR) is 86.5 cm³/mol. The Bertz CT molecular complexity index is 795. The third-order valence-corrected chi connectivity index (χ3v) is 3.91. The van der Waals surface area contributed by atoms with Gasteiger partial charge in [0.05, 0.1) is 9.99 Å². The number of nitrogens with zero attached hydrogens (tertiary/aromatic N) is 2. The number of pyridine rings is 2. The van der Waals surface area contributed by atoms with Crippen LogP contribution < -0.4 is 4.74 Å². The Morgan fingerprint density at radius 2 is 1.85 bits per heavy atom. The van der Waals surface area contributed by atoms with Crippen LogP contribution in [0.1, 0.15) is 0 Å². The molecule has 0 aliphatic heterocycles. The Balaban J connectivity index is 2.06. The van der Waals surface area contributed by atoms with E-state index in [0.717, 1.165) is 14.5 Å². The fraction of sp³-hybridized carbons (Fsp3) is 0. The topological polar surface area (TPSA) is 35.0 Å². The highest BCUT2D eigenvalue weighted by Crippen LogP contribution is 2.34. The van der Waals surface area contributed by atoms with E-state index >= 15 is 0 Å². The molecule has 6 heteroatoms. The van der Waals surface area contributed by atoms with E-state index in [1.54, 1.807) is 36.7 Å². The summed E-state index contributed by atoms with van der Waals surface area (Å²) in [4.78, 5) is 8.62. The summed E-state index contributed by atoms with van der Waals surface area (Å²) in [5.41, 5.74) is 1.47. The Labute approximate surface area is 137 Å². The molecule has 0 amide bonds. The molecule has 0 saturated carbocycles. The second-order valence-electron chi connectivity index (χ2n) is 4.01. The average molecular weight is 414 g/mol. The molecular formula is C14H7Br2ClN2O. The van der Waals surface area contributed by atoms with Crippen LogP contribution in [-0.2, 0) is 0 Å². The Morgan fingerprint density at radius 1 is 1.00 bits per heavy atom. The molecule has 0 N–H and O–H groups in total. The van der Waals surface area contributed by atoms with Gasteiger partial charge in [0.15, 0.2) is 5.75 Å². The Morgan fingerprint density at radius 3 is 2.65 bits per heavy atom. The molecule has 0 spiro atoms. The number of halogens is 3. The predicted octanol–water partition coefficient (Wildman–Crippen LogP) is 5.60. The molecule has 0 unspecified atom stereocenters. The van der Waals surface area contributed by atoms with Crippen molar-refractivity contribution >= 4 is 54.5 Å². The lowest BCUT2D eigenvalue weighted by Crippen LogP contribution is -1.90. The number of fused-ring (bicyclic) bond motifs is 1. The highest BCUT2D eigenvalue weighted by molar-refractivity contribution is 9.10. The molecule has 3 aromatic rings. The Kier molecular flexibility index (Phi) is 3.92. The van der Waals surface area contributed by atoms with E-state index in [0.29, 0.717) is 22.0 Å². The molecule has 2 aromatic heterocycles. The molecule has 2 heterocycles. The minimum Gasteiger partial charge on any atom is -0.454 e. The van der Waals surface area contributed by atoms with Gasteiger partial charge in [0.25, 0.3) is 0 Å². The third kappa shape index (κ3) is 2.80. The molecule has 0 bridgehead atoms. The van der Waals surface area contributed by atoms with Gasteiger partial charge >= 0.3 is 0 Å². The van der Waals surface area contributed by atoms with E-state index in [2.05, 4.69) is 41.8 Å². The van der Waals surface area contributed by atoms with Crippen molar-refractivity contribution < 1.29 is 4.74 Å². The first-order chi connectivity index (χ1) is 9.63. The fourth-order valence-electron chi connectivity index (χ4n) is 1.74. The Hall–Kier alpha value is -1.17. The van der Waals surface area contributed by atoms with Crippen LogP contribution in [-0.4, -0.2) is 9.97 Å². The molecule has 1 aromatic carbocycles. The second-order valence-corrected chi connectivity index (χ2v) is 6.21. The first-order valence-corrected chi connectivity index (χ1v) is 7.63. The number of ether oxygens (including phenoxy) is 1. The zero-order valence-electron chi connectivity index (χ0n) is 9.98. The van der Waals surface area contributed by atoms with Crippen LogP contribution in [0.15, 0.2) is 51.7 Å². The maximum absolute atomic E-state index is 5.92. The lowest BCUT2D eigenvalue weighted by Gasteiger charge is -2.09. The van der Waals surface area contributed by atoms with Gasteiger partial charge in [-0.1, -0.05) is 11.6 Å². The van der Waals surface area contributed by atoms with Crippen LogP contribution >= 0.6 is 43.5 Å². The average Bonchev–Trinajstić information content (AvgIpc) is 2.41. The smallest absolute Gasteiger partial charge is 0.156 e. The van der Waals surface area contributed by atoms with Crippen LogP contribution in [0.2, 0.25) is 5.02 Å². The lowest BCUT2D eigenvalue weighted by molar-refractivity contribution is 0.483. The fourth-order valence-corrected chi connectivity index (χ4v) is 2.82. The molecule has 0 saturated heterocycles. The lowest BCUT2D eigenvalue weighted by atomic mass is 10.3. The van der Waals surface area contributed by atoms with E-state index in [1.807, 2.05) is 6.07 Å². The standard InChI is InChI=1S/C14H7Br2ClN2O/c15-8-5-11-14(19-7-8)13(3-4-18-11)20-12-2-1-9(17)6-10(12)16/h1-7H. The van der Waals surface area contributed by atoms with Crippen LogP contribution in [0.4, 0.5) is 0 Å². The summed E-state index contributed by atoms with van der Waals surface area (Å²) in [5, 5.41) is 0.644. The van der Waals surface area contributed by atoms with Crippen molar-refractivity contribution in [2.45, 2.75) is 0 Å². The van der Waals surface area contributed by atoms with Gasteiger partial charge in [-0.3, -0.25) is 4.98 Å². The van der Waals surface area contributed by atoms with E-state index in [9.17, 15) is 0 Å². The quantitative estimate of drug-likeness (QED) is 0.547. The zero-order chi connectivity index (χ0) is 14.1. The molecule has 0 aliphatic carbocycles. The molecule has 0 fully saturated rings. The summed E-state index contributed by atoms with van der Waals surface area (Å²) in [6.07, 6.45) is 3.41. The summed E-state index contributed by atoms with van der Waals surface area (Å²) in [6.45, 7) is 0. The highest BCUT2D eigenvalue weighted by atomic mass is 79.9. The van der Waals surface area contributed by atoms with Gasteiger partial charge in [0.1, 0.15) is 11.3 Å².